The number of thiophene rings is 1. The number of carbonyl (C=O) groups is 1. The molecule has 0 bridgehead atoms. The first-order valence-electron chi connectivity index (χ1n) is 8.42. The summed E-state index contributed by atoms with van der Waals surface area (Å²) in [5.41, 5.74) is 2.02. The second-order valence-electron chi connectivity index (χ2n) is 6.61. The molecule has 25 heavy (non-hydrogen) atoms. The molecule has 2 heterocycles. The maximum atomic E-state index is 11.1. The lowest BCUT2D eigenvalue weighted by molar-refractivity contribution is 0.0567. The molecular weight excluding hydrogens is 358 g/mol. The van der Waals surface area contributed by atoms with Gasteiger partial charge in [0.15, 0.2) is 0 Å². The molecule has 1 fully saturated rings. The van der Waals surface area contributed by atoms with Crippen molar-refractivity contribution in [2.45, 2.75) is 32.4 Å². The van der Waals surface area contributed by atoms with Crippen LogP contribution in [0, 0.1) is 12.8 Å². The average Bonchev–Trinajstić information content (AvgIpc) is 2.97. The minimum Gasteiger partial charge on any atom is -0.477 e. The third-order valence-corrected chi connectivity index (χ3v) is 6.25. The van der Waals surface area contributed by atoms with Crippen LogP contribution in [0.3, 0.4) is 0 Å². The molecule has 0 amide bonds. The first kappa shape index (κ1) is 18.4. The molecule has 0 spiro atoms. The molecule has 0 saturated carbocycles. The van der Waals surface area contributed by atoms with Crippen LogP contribution in [0.5, 0.6) is 0 Å². The van der Waals surface area contributed by atoms with Crippen molar-refractivity contribution in [1.82, 2.24) is 4.90 Å². The van der Waals surface area contributed by atoms with Gasteiger partial charge < -0.3 is 10.2 Å². The fraction of sp³-hybridized carbons (Fsp3) is 0.421. The maximum absolute atomic E-state index is 11.1. The van der Waals surface area contributed by atoms with Crippen molar-refractivity contribution >= 4 is 28.9 Å². The Bertz CT molecular complexity index is 736. The monoisotopic (exact) mass is 379 g/mol. The summed E-state index contributed by atoms with van der Waals surface area (Å²) < 4.78 is 0. The highest BCUT2D eigenvalue weighted by atomic mass is 35.5. The van der Waals surface area contributed by atoms with E-state index >= 15 is 0 Å². The van der Waals surface area contributed by atoms with Crippen LogP contribution >= 0.6 is 22.9 Å². The van der Waals surface area contributed by atoms with Crippen LogP contribution in [-0.2, 0) is 6.54 Å². The molecule has 0 radical (unpaired) electrons. The van der Waals surface area contributed by atoms with E-state index in [1.54, 1.807) is 6.07 Å². The standard InChI is InChI=1S/C19H22ClNO3S/c1-12-15(10-17(25-12)19(23)24)11-21-8-6-14(7-9-21)18(22)13-2-4-16(20)5-3-13/h2-5,10,14,18,22H,6-9,11H2,1H3,(H,23,24). The number of carboxylic acids is 1. The zero-order valence-electron chi connectivity index (χ0n) is 14.1. The molecule has 3 rings (SSSR count). The SMILES string of the molecule is Cc1sc(C(=O)O)cc1CN1CCC(C(O)c2ccc(Cl)cc2)CC1. The van der Waals surface area contributed by atoms with Crippen LogP contribution in [0.2, 0.25) is 5.02 Å². The molecule has 0 aliphatic carbocycles. The number of likely N-dealkylation sites (tertiary alicyclic amines) is 1. The Balaban J connectivity index is 1.56. The van der Waals surface area contributed by atoms with Crippen LogP contribution < -0.4 is 0 Å². The number of hydrogen-bond donors (Lipinski definition) is 2. The van der Waals surface area contributed by atoms with Crippen LogP contribution in [0.15, 0.2) is 30.3 Å². The van der Waals surface area contributed by atoms with Crippen LogP contribution in [0.4, 0.5) is 0 Å². The quantitative estimate of drug-likeness (QED) is 0.810. The molecule has 2 aromatic rings. The predicted octanol–water partition coefficient (Wildman–Crippen LogP) is 4.35. The molecule has 1 aromatic carbocycles. The van der Waals surface area contributed by atoms with Gasteiger partial charge in [-0.05, 0) is 68.1 Å². The van der Waals surface area contributed by atoms with Crippen molar-refractivity contribution in [1.29, 1.82) is 0 Å². The number of aryl methyl sites for hydroxylation is 1. The molecule has 1 aliphatic rings. The summed E-state index contributed by atoms with van der Waals surface area (Å²) in [7, 11) is 0. The van der Waals surface area contributed by atoms with E-state index < -0.39 is 12.1 Å². The van der Waals surface area contributed by atoms with E-state index in [2.05, 4.69) is 4.90 Å². The number of nitrogens with zero attached hydrogens (tertiary/aromatic N) is 1. The molecule has 2 N–H and O–H groups in total. The van der Waals surface area contributed by atoms with Gasteiger partial charge in [0, 0.05) is 16.4 Å². The molecular formula is C19H22ClNO3S. The van der Waals surface area contributed by atoms with Gasteiger partial charge in [-0.1, -0.05) is 23.7 Å². The molecule has 1 atom stereocenters. The molecule has 1 saturated heterocycles. The largest absolute Gasteiger partial charge is 0.477 e. The molecule has 1 aromatic heterocycles. The Labute approximate surface area is 156 Å². The minimum absolute atomic E-state index is 0.246. The highest BCUT2D eigenvalue weighted by Gasteiger charge is 2.26. The summed E-state index contributed by atoms with van der Waals surface area (Å²) in [6.07, 6.45) is 1.40. The van der Waals surface area contributed by atoms with Crippen LogP contribution in [-0.4, -0.2) is 34.2 Å². The topological polar surface area (TPSA) is 60.8 Å². The third-order valence-electron chi connectivity index (χ3n) is 4.92. The number of aliphatic hydroxyl groups excluding tert-OH is 1. The summed E-state index contributed by atoms with van der Waals surface area (Å²) in [4.78, 5) is 14.9. The third kappa shape index (κ3) is 4.42. The van der Waals surface area contributed by atoms with E-state index in [-0.39, 0.29) is 5.92 Å². The number of hydrogen-bond acceptors (Lipinski definition) is 4. The lowest BCUT2D eigenvalue weighted by Crippen LogP contribution is -2.35. The lowest BCUT2D eigenvalue weighted by atomic mass is 9.87. The van der Waals surface area contributed by atoms with Gasteiger partial charge in [-0.25, -0.2) is 4.79 Å². The van der Waals surface area contributed by atoms with E-state index in [9.17, 15) is 9.90 Å². The molecule has 134 valence electrons. The fourth-order valence-corrected chi connectivity index (χ4v) is 4.38. The summed E-state index contributed by atoms with van der Waals surface area (Å²) >= 11 is 7.25. The van der Waals surface area contributed by atoms with Gasteiger partial charge in [0.25, 0.3) is 0 Å². The van der Waals surface area contributed by atoms with Crippen molar-refractivity contribution in [2.24, 2.45) is 5.92 Å². The number of benzene rings is 1. The maximum Gasteiger partial charge on any atom is 0.345 e. The molecule has 1 aliphatic heterocycles. The van der Waals surface area contributed by atoms with Crippen LogP contribution in [0.25, 0.3) is 0 Å². The van der Waals surface area contributed by atoms with E-state index in [0.717, 1.165) is 48.5 Å². The second-order valence-corrected chi connectivity index (χ2v) is 8.30. The number of rotatable bonds is 5. The summed E-state index contributed by atoms with van der Waals surface area (Å²) in [5, 5.41) is 20.4. The Morgan fingerprint density at radius 3 is 2.52 bits per heavy atom. The minimum atomic E-state index is -0.857. The number of carboxylic acid groups (broad SMARTS) is 1. The van der Waals surface area contributed by atoms with Crippen molar-refractivity contribution in [3.8, 4) is 0 Å². The Kier molecular flexibility index (Phi) is 5.79. The van der Waals surface area contributed by atoms with E-state index in [1.165, 1.54) is 11.3 Å². The number of aromatic carboxylic acids is 1. The fourth-order valence-electron chi connectivity index (χ4n) is 3.38. The van der Waals surface area contributed by atoms with Gasteiger partial charge in [0.1, 0.15) is 4.88 Å². The van der Waals surface area contributed by atoms with Crippen LogP contribution in [0.1, 0.15) is 44.6 Å². The van der Waals surface area contributed by atoms with Gasteiger partial charge in [0.2, 0.25) is 0 Å². The lowest BCUT2D eigenvalue weighted by Gasteiger charge is -2.34. The first-order valence-corrected chi connectivity index (χ1v) is 9.62. The smallest absolute Gasteiger partial charge is 0.345 e. The van der Waals surface area contributed by atoms with Gasteiger partial charge in [-0.15, -0.1) is 11.3 Å². The predicted molar refractivity (Wildman–Crippen MR) is 100 cm³/mol. The van der Waals surface area contributed by atoms with Gasteiger partial charge in [0.05, 0.1) is 6.10 Å². The van der Waals surface area contributed by atoms with Crippen molar-refractivity contribution in [2.75, 3.05) is 13.1 Å². The second kappa shape index (κ2) is 7.87. The number of aliphatic hydroxyl groups is 1. The van der Waals surface area contributed by atoms with Crippen molar-refractivity contribution < 1.29 is 15.0 Å². The summed E-state index contributed by atoms with van der Waals surface area (Å²) in [6.45, 7) is 4.57. The number of halogens is 1. The Morgan fingerprint density at radius 2 is 1.96 bits per heavy atom. The zero-order chi connectivity index (χ0) is 18.0. The van der Waals surface area contributed by atoms with Crippen molar-refractivity contribution in [3.63, 3.8) is 0 Å². The van der Waals surface area contributed by atoms with Gasteiger partial charge in [-0.3, -0.25) is 4.90 Å². The van der Waals surface area contributed by atoms with E-state index in [4.69, 9.17) is 16.7 Å². The molecule has 1 unspecified atom stereocenters. The van der Waals surface area contributed by atoms with E-state index in [1.807, 2.05) is 31.2 Å². The highest BCUT2D eigenvalue weighted by Crippen LogP contribution is 2.32. The van der Waals surface area contributed by atoms with E-state index in [0.29, 0.717) is 9.90 Å². The number of piperidine rings is 1. The molecule has 4 nitrogen and oxygen atoms in total. The first-order chi connectivity index (χ1) is 11.9. The Hall–Kier alpha value is -1.40. The van der Waals surface area contributed by atoms with Gasteiger partial charge >= 0.3 is 5.97 Å². The zero-order valence-corrected chi connectivity index (χ0v) is 15.7. The normalized spacial score (nSPS) is 17.6. The summed E-state index contributed by atoms with van der Waals surface area (Å²) in [5.74, 6) is -0.611. The van der Waals surface area contributed by atoms with Gasteiger partial charge in [-0.2, -0.15) is 0 Å². The highest BCUT2D eigenvalue weighted by molar-refractivity contribution is 7.14. The average molecular weight is 380 g/mol. The Morgan fingerprint density at radius 1 is 1.32 bits per heavy atom. The molecule has 6 heteroatoms. The van der Waals surface area contributed by atoms with Crippen molar-refractivity contribution in [3.05, 3.63) is 56.2 Å². The summed E-state index contributed by atoms with van der Waals surface area (Å²) in [6, 6.07) is 9.20.